The van der Waals surface area contributed by atoms with Gasteiger partial charge in [-0.2, -0.15) is 5.26 Å². The SMILES string of the molecule is CC(CCNC(=O)OCc1ccccc1)CC(=O)N(Cc1ccccc1)C1(C#N)CCNC1. The Morgan fingerprint density at radius 2 is 1.82 bits per heavy atom. The highest BCUT2D eigenvalue weighted by Crippen LogP contribution is 2.27. The van der Waals surface area contributed by atoms with Gasteiger partial charge in [0.2, 0.25) is 5.91 Å². The van der Waals surface area contributed by atoms with Gasteiger partial charge in [0.15, 0.2) is 0 Å². The number of amides is 2. The highest BCUT2D eigenvalue weighted by Gasteiger charge is 2.42. The van der Waals surface area contributed by atoms with Gasteiger partial charge in [0.05, 0.1) is 6.07 Å². The first-order chi connectivity index (χ1) is 16.0. The van der Waals surface area contributed by atoms with Gasteiger partial charge >= 0.3 is 6.09 Å². The molecule has 7 nitrogen and oxygen atoms in total. The maximum absolute atomic E-state index is 13.3. The maximum Gasteiger partial charge on any atom is 0.407 e. The Bertz CT molecular complexity index is 937. The Morgan fingerprint density at radius 1 is 1.15 bits per heavy atom. The monoisotopic (exact) mass is 448 g/mol. The van der Waals surface area contributed by atoms with Crippen molar-refractivity contribution in [3.63, 3.8) is 0 Å². The molecule has 1 saturated heterocycles. The number of benzene rings is 2. The predicted octanol–water partition coefficient (Wildman–Crippen LogP) is 3.61. The summed E-state index contributed by atoms with van der Waals surface area (Å²) in [5.41, 5.74) is 1.10. The molecule has 1 aliphatic rings. The molecule has 0 bridgehead atoms. The fourth-order valence-electron chi connectivity index (χ4n) is 4.01. The summed E-state index contributed by atoms with van der Waals surface area (Å²) in [5, 5.41) is 15.9. The van der Waals surface area contributed by atoms with Crippen molar-refractivity contribution < 1.29 is 14.3 Å². The summed E-state index contributed by atoms with van der Waals surface area (Å²) in [4.78, 5) is 27.0. The quantitative estimate of drug-likeness (QED) is 0.579. The van der Waals surface area contributed by atoms with Gasteiger partial charge in [0.25, 0.3) is 0 Å². The lowest BCUT2D eigenvalue weighted by Crippen LogP contribution is -2.52. The lowest BCUT2D eigenvalue weighted by molar-refractivity contribution is -0.137. The topological polar surface area (TPSA) is 94.5 Å². The van der Waals surface area contributed by atoms with Crippen molar-refractivity contribution in [2.45, 2.75) is 44.9 Å². The summed E-state index contributed by atoms with van der Waals surface area (Å²) < 4.78 is 5.22. The molecule has 33 heavy (non-hydrogen) atoms. The largest absolute Gasteiger partial charge is 0.445 e. The van der Waals surface area contributed by atoms with E-state index in [4.69, 9.17) is 4.74 Å². The lowest BCUT2D eigenvalue weighted by atomic mass is 9.94. The number of carbonyl (C=O) groups is 2. The number of nitriles is 1. The predicted molar refractivity (Wildman–Crippen MR) is 126 cm³/mol. The molecule has 2 atom stereocenters. The summed E-state index contributed by atoms with van der Waals surface area (Å²) in [6, 6.07) is 21.7. The minimum atomic E-state index is -0.827. The standard InChI is InChI=1S/C26H32N4O3/c1-21(12-14-29-25(32)33-18-23-10-6-3-7-11-23)16-24(31)30(17-22-8-4-2-5-9-22)26(19-27)13-15-28-20-26/h2-11,21,28H,12-18,20H2,1H3,(H,29,32). The van der Waals surface area contributed by atoms with Crippen molar-refractivity contribution >= 4 is 12.0 Å². The summed E-state index contributed by atoms with van der Waals surface area (Å²) in [5.74, 6) is 0.0126. The van der Waals surface area contributed by atoms with E-state index in [9.17, 15) is 14.9 Å². The average molecular weight is 449 g/mol. The van der Waals surface area contributed by atoms with Crippen LogP contribution in [-0.2, 0) is 22.7 Å². The fourth-order valence-corrected chi connectivity index (χ4v) is 4.01. The highest BCUT2D eigenvalue weighted by molar-refractivity contribution is 5.78. The normalized spacial score (nSPS) is 18.2. The molecule has 2 N–H and O–H groups in total. The molecule has 0 aliphatic carbocycles. The average Bonchev–Trinajstić information content (AvgIpc) is 3.32. The van der Waals surface area contributed by atoms with Crippen molar-refractivity contribution in [2.24, 2.45) is 5.92 Å². The highest BCUT2D eigenvalue weighted by atomic mass is 16.5. The van der Waals surface area contributed by atoms with Crippen LogP contribution in [0.2, 0.25) is 0 Å². The Balaban J connectivity index is 1.50. The number of rotatable bonds is 10. The van der Waals surface area contributed by atoms with Crippen molar-refractivity contribution in [2.75, 3.05) is 19.6 Å². The molecule has 2 unspecified atom stereocenters. The Hall–Kier alpha value is -3.37. The zero-order chi connectivity index (χ0) is 23.5. The number of nitrogens with one attached hydrogen (secondary N) is 2. The van der Waals surface area contributed by atoms with Gasteiger partial charge < -0.3 is 20.3 Å². The Kier molecular flexibility index (Phi) is 8.85. The van der Waals surface area contributed by atoms with E-state index in [1.54, 1.807) is 4.90 Å². The third-order valence-electron chi connectivity index (χ3n) is 5.98. The summed E-state index contributed by atoms with van der Waals surface area (Å²) in [6.07, 6.45) is 1.11. The third-order valence-corrected chi connectivity index (χ3v) is 5.98. The molecular formula is C26H32N4O3. The van der Waals surface area contributed by atoms with Crippen LogP contribution in [0.25, 0.3) is 0 Å². The second-order valence-electron chi connectivity index (χ2n) is 8.62. The number of hydrogen-bond donors (Lipinski definition) is 2. The molecule has 0 spiro atoms. The van der Waals surface area contributed by atoms with Crippen LogP contribution in [0.5, 0.6) is 0 Å². The number of hydrogen-bond acceptors (Lipinski definition) is 5. The van der Waals surface area contributed by atoms with Gasteiger partial charge in [0.1, 0.15) is 12.1 Å². The van der Waals surface area contributed by atoms with Crippen molar-refractivity contribution in [1.82, 2.24) is 15.5 Å². The molecule has 1 aliphatic heterocycles. The Morgan fingerprint density at radius 3 is 2.42 bits per heavy atom. The molecular weight excluding hydrogens is 416 g/mol. The van der Waals surface area contributed by atoms with Crippen molar-refractivity contribution in [1.29, 1.82) is 5.26 Å². The van der Waals surface area contributed by atoms with Crippen LogP contribution in [0.1, 0.15) is 37.3 Å². The van der Waals surface area contributed by atoms with Crippen LogP contribution < -0.4 is 10.6 Å². The van der Waals surface area contributed by atoms with E-state index >= 15 is 0 Å². The Labute approximate surface area is 195 Å². The molecule has 0 saturated carbocycles. The van der Waals surface area contributed by atoms with Crippen molar-refractivity contribution in [3.8, 4) is 6.07 Å². The van der Waals surface area contributed by atoms with Crippen molar-refractivity contribution in [3.05, 3.63) is 71.8 Å². The van der Waals surface area contributed by atoms with Crippen LogP contribution in [0, 0.1) is 17.2 Å². The number of carbonyl (C=O) groups excluding carboxylic acids is 2. The van der Waals surface area contributed by atoms with E-state index in [1.165, 1.54) is 0 Å². The molecule has 2 amide bonds. The zero-order valence-corrected chi connectivity index (χ0v) is 19.1. The van der Waals surface area contributed by atoms with Gasteiger partial charge in [-0.05, 0) is 36.4 Å². The van der Waals surface area contributed by atoms with E-state index in [1.807, 2.05) is 67.6 Å². The molecule has 2 aromatic rings. The molecule has 1 fully saturated rings. The van der Waals surface area contributed by atoms with Crippen LogP contribution in [0.4, 0.5) is 4.79 Å². The van der Waals surface area contributed by atoms with Gasteiger partial charge in [-0.3, -0.25) is 4.79 Å². The molecule has 0 aromatic heterocycles. The second-order valence-corrected chi connectivity index (χ2v) is 8.62. The number of nitrogens with zero attached hydrogens (tertiary/aromatic N) is 2. The zero-order valence-electron chi connectivity index (χ0n) is 19.1. The van der Waals surface area contributed by atoms with E-state index in [0.717, 1.165) is 17.7 Å². The number of ether oxygens (including phenoxy) is 1. The molecule has 7 heteroatoms. The first-order valence-electron chi connectivity index (χ1n) is 11.4. The number of alkyl carbamates (subject to hydrolysis) is 1. The first-order valence-corrected chi connectivity index (χ1v) is 11.4. The third kappa shape index (κ3) is 7.06. The fraction of sp³-hybridized carbons (Fsp3) is 0.423. The van der Waals surface area contributed by atoms with E-state index in [2.05, 4.69) is 16.7 Å². The minimum Gasteiger partial charge on any atom is -0.445 e. The molecule has 0 radical (unpaired) electrons. The summed E-state index contributed by atoms with van der Waals surface area (Å²) in [6.45, 7) is 4.24. The maximum atomic E-state index is 13.3. The minimum absolute atomic E-state index is 0.0387. The van der Waals surface area contributed by atoms with E-state index in [-0.39, 0.29) is 18.4 Å². The van der Waals surface area contributed by atoms with Crippen LogP contribution in [0.15, 0.2) is 60.7 Å². The lowest BCUT2D eigenvalue weighted by Gasteiger charge is -2.36. The molecule has 3 rings (SSSR count). The van der Waals surface area contributed by atoms with Crippen LogP contribution in [0.3, 0.4) is 0 Å². The van der Waals surface area contributed by atoms with Gasteiger partial charge in [-0.15, -0.1) is 0 Å². The molecule has 174 valence electrons. The van der Waals surface area contributed by atoms with E-state index in [0.29, 0.717) is 38.9 Å². The van der Waals surface area contributed by atoms with E-state index < -0.39 is 11.6 Å². The summed E-state index contributed by atoms with van der Waals surface area (Å²) in [7, 11) is 0. The van der Waals surface area contributed by atoms with Gasteiger partial charge in [-0.1, -0.05) is 67.6 Å². The van der Waals surface area contributed by atoms with Crippen LogP contribution in [-0.4, -0.2) is 42.1 Å². The first kappa shape index (κ1) is 24.3. The van der Waals surface area contributed by atoms with Gasteiger partial charge in [-0.25, -0.2) is 4.79 Å². The summed E-state index contributed by atoms with van der Waals surface area (Å²) >= 11 is 0. The molecule has 1 heterocycles. The smallest absolute Gasteiger partial charge is 0.407 e. The van der Waals surface area contributed by atoms with Crippen LogP contribution >= 0.6 is 0 Å². The molecule has 2 aromatic carbocycles. The van der Waals surface area contributed by atoms with Gasteiger partial charge in [0, 0.05) is 26.1 Å². The second kappa shape index (κ2) is 12.0.